The van der Waals surface area contributed by atoms with Gasteiger partial charge < -0.3 is 15.4 Å². The number of benzene rings is 3. The highest BCUT2D eigenvalue weighted by molar-refractivity contribution is 6.09. The molecule has 3 rings (SSSR count). The number of hydrogen-bond donors (Lipinski definition) is 2. The highest BCUT2D eigenvalue weighted by atomic mass is 16.5. The molecule has 0 saturated heterocycles. The van der Waals surface area contributed by atoms with E-state index in [1.54, 1.807) is 30.3 Å². The molecule has 0 unspecified atom stereocenters. The van der Waals surface area contributed by atoms with Crippen LogP contribution in [0.4, 0.5) is 11.4 Å². The van der Waals surface area contributed by atoms with Gasteiger partial charge in [0.15, 0.2) is 6.61 Å². The molecule has 2 amide bonds. The summed E-state index contributed by atoms with van der Waals surface area (Å²) in [4.78, 5) is 24.5. The Morgan fingerprint density at radius 1 is 0.969 bits per heavy atom. The lowest BCUT2D eigenvalue weighted by atomic mass is 10.1. The van der Waals surface area contributed by atoms with E-state index in [0.29, 0.717) is 17.0 Å². The van der Waals surface area contributed by atoms with Gasteiger partial charge in [-0.2, -0.15) is 5.26 Å². The Bertz CT molecular complexity index is 1190. The van der Waals surface area contributed by atoms with E-state index in [1.165, 1.54) is 6.08 Å². The number of hydrogen-bond acceptors (Lipinski definition) is 4. The van der Waals surface area contributed by atoms with Gasteiger partial charge in [0.25, 0.3) is 11.8 Å². The van der Waals surface area contributed by atoms with E-state index < -0.39 is 5.91 Å². The SMILES string of the molecule is Cc1cccc(NC(=O)/C(C#N)=C/c2ccc(OCC(=O)Nc3ccccc3C)cc2)c1. The van der Waals surface area contributed by atoms with Gasteiger partial charge in [-0.15, -0.1) is 0 Å². The molecule has 0 aliphatic rings. The summed E-state index contributed by atoms with van der Waals surface area (Å²) in [7, 11) is 0. The normalized spacial score (nSPS) is 10.7. The Morgan fingerprint density at radius 2 is 1.72 bits per heavy atom. The number of rotatable bonds is 7. The summed E-state index contributed by atoms with van der Waals surface area (Å²) in [6.07, 6.45) is 1.50. The first kappa shape index (κ1) is 22.3. The number of para-hydroxylation sites is 1. The van der Waals surface area contributed by atoms with Crippen molar-refractivity contribution in [3.8, 4) is 11.8 Å². The second kappa shape index (κ2) is 10.6. The van der Waals surface area contributed by atoms with E-state index in [2.05, 4.69) is 10.6 Å². The molecule has 0 spiro atoms. The van der Waals surface area contributed by atoms with Crippen LogP contribution in [0.5, 0.6) is 5.75 Å². The van der Waals surface area contributed by atoms with E-state index >= 15 is 0 Å². The fourth-order valence-corrected chi connectivity index (χ4v) is 2.95. The molecule has 0 atom stereocenters. The molecule has 0 radical (unpaired) electrons. The fraction of sp³-hybridized carbons (Fsp3) is 0.115. The highest BCUT2D eigenvalue weighted by Crippen LogP contribution is 2.17. The van der Waals surface area contributed by atoms with Crippen molar-refractivity contribution in [1.82, 2.24) is 0 Å². The first-order valence-electron chi connectivity index (χ1n) is 10.0. The zero-order chi connectivity index (χ0) is 22.9. The molecule has 2 N–H and O–H groups in total. The van der Waals surface area contributed by atoms with E-state index in [0.717, 1.165) is 16.8 Å². The van der Waals surface area contributed by atoms with Gasteiger partial charge in [-0.25, -0.2) is 0 Å². The third-order valence-electron chi connectivity index (χ3n) is 4.62. The van der Waals surface area contributed by atoms with E-state index in [9.17, 15) is 14.9 Å². The standard InChI is InChI=1S/C26H23N3O3/c1-18-6-5-8-22(14-18)28-26(31)21(16-27)15-20-10-12-23(13-11-20)32-17-25(30)29-24-9-4-3-7-19(24)2/h3-15H,17H2,1-2H3,(H,28,31)(H,29,30)/b21-15+. The topological polar surface area (TPSA) is 91.2 Å². The van der Waals surface area contributed by atoms with Gasteiger partial charge in [0.05, 0.1) is 0 Å². The van der Waals surface area contributed by atoms with Crippen LogP contribution >= 0.6 is 0 Å². The van der Waals surface area contributed by atoms with Crippen molar-refractivity contribution >= 4 is 29.3 Å². The van der Waals surface area contributed by atoms with Gasteiger partial charge in [0.2, 0.25) is 0 Å². The van der Waals surface area contributed by atoms with E-state index in [-0.39, 0.29) is 18.1 Å². The number of amides is 2. The van der Waals surface area contributed by atoms with Crippen molar-refractivity contribution in [2.24, 2.45) is 0 Å². The average Bonchev–Trinajstić information content (AvgIpc) is 2.78. The summed E-state index contributed by atoms with van der Waals surface area (Å²) in [5, 5.41) is 14.9. The molecule has 6 nitrogen and oxygen atoms in total. The van der Waals surface area contributed by atoms with Gasteiger partial charge in [0.1, 0.15) is 17.4 Å². The largest absolute Gasteiger partial charge is 0.484 e. The molecule has 0 bridgehead atoms. The molecular weight excluding hydrogens is 402 g/mol. The molecule has 6 heteroatoms. The van der Waals surface area contributed by atoms with Crippen LogP contribution in [0, 0.1) is 25.2 Å². The minimum absolute atomic E-state index is 0.0159. The predicted octanol–water partition coefficient (Wildman–Crippen LogP) is 4.87. The van der Waals surface area contributed by atoms with Crippen molar-refractivity contribution in [2.75, 3.05) is 17.2 Å². The zero-order valence-electron chi connectivity index (χ0n) is 17.9. The van der Waals surface area contributed by atoms with Crippen LogP contribution in [-0.4, -0.2) is 18.4 Å². The lowest BCUT2D eigenvalue weighted by Crippen LogP contribution is -2.20. The van der Waals surface area contributed by atoms with Crippen LogP contribution < -0.4 is 15.4 Å². The molecule has 0 aromatic heterocycles. The monoisotopic (exact) mass is 425 g/mol. The van der Waals surface area contributed by atoms with Crippen molar-refractivity contribution in [1.29, 1.82) is 5.26 Å². The van der Waals surface area contributed by atoms with Crippen LogP contribution in [-0.2, 0) is 9.59 Å². The maximum absolute atomic E-state index is 12.4. The minimum Gasteiger partial charge on any atom is -0.484 e. The number of nitrogens with one attached hydrogen (secondary N) is 2. The fourth-order valence-electron chi connectivity index (χ4n) is 2.95. The summed E-state index contributed by atoms with van der Waals surface area (Å²) in [6.45, 7) is 3.71. The predicted molar refractivity (Wildman–Crippen MR) is 125 cm³/mol. The summed E-state index contributed by atoms with van der Waals surface area (Å²) in [5.41, 5.74) is 4.00. The van der Waals surface area contributed by atoms with Gasteiger partial charge >= 0.3 is 0 Å². The smallest absolute Gasteiger partial charge is 0.266 e. The summed E-state index contributed by atoms with van der Waals surface area (Å²) in [5.74, 6) is -0.237. The number of carbonyl (C=O) groups excluding carboxylic acids is 2. The Kier molecular flexibility index (Phi) is 7.39. The van der Waals surface area contributed by atoms with Gasteiger partial charge in [-0.3, -0.25) is 9.59 Å². The van der Waals surface area contributed by atoms with Crippen LogP contribution in [0.15, 0.2) is 78.4 Å². The van der Waals surface area contributed by atoms with Crippen LogP contribution in [0.2, 0.25) is 0 Å². The number of carbonyl (C=O) groups is 2. The lowest BCUT2D eigenvalue weighted by molar-refractivity contribution is -0.118. The molecule has 0 saturated carbocycles. The molecule has 0 aliphatic carbocycles. The average molecular weight is 425 g/mol. The first-order valence-corrected chi connectivity index (χ1v) is 10.0. The molecule has 0 aliphatic heterocycles. The van der Waals surface area contributed by atoms with E-state index in [1.807, 2.05) is 62.4 Å². The third kappa shape index (κ3) is 6.31. The first-order chi connectivity index (χ1) is 15.4. The Balaban J connectivity index is 1.58. The van der Waals surface area contributed by atoms with Crippen LogP contribution in [0.3, 0.4) is 0 Å². The van der Waals surface area contributed by atoms with Gasteiger partial charge in [0, 0.05) is 11.4 Å². The van der Waals surface area contributed by atoms with Crippen molar-refractivity contribution in [3.05, 3.63) is 95.1 Å². The Hall–Kier alpha value is -4.37. The summed E-state index contributed by atoms with van der Waals surface area (Å²) >= 11 is 0. The lowest BCUT2D eigenvalue weighted by Gasteiger charge is -2.09. The number of nitrogens with zero attached hydrogens (tertiary/aromatic N) is 1. The highest BCUT2D eigenvalue weighted by Gasteiger charge is 2.10. The molecule has 32 heavy (non-hydrogen) atoms. The molecule has 0 fully saturated rings. The molecule has 0 heterocycles. The van der Waals surface area contributed by atoms with Gasteiger partial charge in [-0.1, -0.05) is 42.5 Å². The Morgan fingerprint density at radius 3 is 2.41 bits per heavy atom. The molecule has 3 aromatic carbocycles. The summed E-state index contributed by atoms with van der Waals surface area (Å²) in [6, 6.07) is 23.6. The van der Waals surface area contributed by atoms with E-state index in [4.69, 9.17) is 4.74 Å². The number of nitriles is 1. The number of aryl methyl sites for hydroxylation is 2. The quantitative estimate of drug-likeness (QED) is 0.417. The maximum atomic E-state index is 12.4. The minimum atomic E-state index is -0.480. The molecule has 3 aromatic rings. The Labute approximate surface area is 187 Å². The van der Waals surface area contributed by atoms with Crippen molar-refractivity contribution in [2.45, 2.75) is 13.8 Å². The van der Waals surface area contributed by atoms with Crippen LogP contribution in [0.25, 0.3) is 6.08 Å². The number of ether oxygens (including phenoxy) is 1. The molecular formula is C26H23N3O3. The van der Waals surface area contributed by atoms with Crippen molar-refractivity contribution in [3.63, 3.8) is 0 Å². The third-order valence-corrected chi connectivity index (χ3v) is 4.62. The molecule has 160 valence electrons. The number of anilines is 2. The van der Waals surface area contributed by atoms with Crippen LogP contribution in [0.1, 0.15) is 16.7 Å². The van der Waals surface area contributed by atoms with Crippen molar-refractivity contribution < 1.29 is 14.3 Å². The second-order valence-electron chi connectivity index (χ2n) is 7.21. The second-order valence-corrected chi connectivity index (χ2v) is 7.21. The summed E-state index contributed by atoms with van der Waals surface area (Å²) < 4.78 is 5.53. The maximum Gasteiger partial charge on any atom is 0.266 e. The zero-order valence-corrected chi connectivity index (χ0v) is 17.9. The van der Waals surface area contributed by atoms with Gasteiger partial charge in [-0.05, 0) is 66.9 Å².